The highest BCUT2D eigenvalue weighted by Gasteiger charge is 2.27. The molecule has 1 aromatic rings. The molecule has 2 atom stereocenters. The third-order valence-electron chi connectivity index (χ3n) is 2.45. The van der Waals surface area contributed by atoms with Gasteiger partial charge >= 0.3 is 0 Å². The maximum absolute atomic E-state index is 11.7. The molecule has 1 aromatic heterocycles. The molecule has 4 nitrogen and oxygen atoms in total. The van der Waals surface area contributed by atoms with Crippen molar-refractivity contribution in [1.82, 2.24) is 4.98 Å². The Morgan fingerprint density at radius 3 is 3.07 bits per heavy atom. The van der Waals surface area contributed by atoms with Crippen LogP contribution in [-0.2, 0) is 9.53 Å². The summed E-state index contributed by atoms with van der Waals surface area (Å²) >= 11 is 0. The highest BCUT2D eigenvalue weighted by molar-refractivity contribution is 5.94. The number of amides is 1. The Balaban J connectivity index is 1.93. The molecule has 0 unspecified atom stereocenters. The Hall–Kier alpha value is -1.42. The molecule has 0 aliphatic carbocycles. The van der Waals surface area contributed by atoms with Gasteiger partial charge in [-0.25, -0.2) is 0 Å². The fourth-order valence-corrected chi connectivity index (χ4v) is 1.65. The Morgan fingerprint density at radius 2 is 2.47 bits per heavy atom. The normalized spacial score (nSPS) is 25.1. The molecule has 1 fully saturated rings. The summed E-state index contributed by atoms with van der Waals surface area (Å²) < 4.78 is 5.46. The molecule has 1 aliphatic rings. The summed E-state index contributed by atoms with van der Waals surface area (Å²) in [4.78, 5) is 15.6. The van der Waals surface area contributed by atoms with Crippen molar-refractivity contribution in [3.05, 3.63) is 24.5 Å². The molecule has 0 radical (unpaired) electrons. The number of anilines is 1. The van der Waals surface area contributed by atoms with Crippen LogP contribution in [-0.4, -0.2) is 23.1 Å². The Kier molecular flexibility index (Phi) is 2.97. The van der Waals surface area contributed by atoms with Gasteiger partial charge in [0.2, 0.25) is 0 Å². The third kappa shape index (κ3) is 2.53. The lowest BCUT2D eigenvalue weighted by atomic mass is 10.2. The molecule has 15 heavy (non-hydrogen) atoms. The van der Waals surface area contributed by atoms with E-state index in [2.05, 4.69) is 10.3 Å². The summed E-state index contributed by atoms with van der Waals surface area (Å²) in [7, 11) is 0. The van der Waals surface area contributed by atoms with Crippen LogP contribution in [0.2, 0.25) is 0 Å². The summed E-state index contributed by atoms with van der Waals surface area (Å²) in [6.45, 7) is 1.98. The van der Waals surface area contributed by atoms with Crippen LogP contribution < -0.4 is 5.32 Å². The first-order valence-corrected chi connectivity index (χ1v) is 5.12. The summed E-state index contributed by atoms with van der Waals surface area (Å²) in [5.74, 6) is -0.0765. The van der Waals surface area contributed by atoms with E-state index in [1.54, 1.807) is 18.5 Å². The van der Waals surface area contributed by atoms with E-state index >= 15 is 0 Å². The molecule has 1 saturated heterocycles. The van der Waals surface area contributed by atoms with E-state index < -0.39 is 0 Å². The van der Waals surface area contributed by atoms with Crippen molar-refractivity contribution in [1.29, 1.82) is 0 Å². The number of hydrogen-bond donors (Lipinski definition) is 1. The average molecular weight is 206 g/mol. The first-order chi connectivity index (χ1) is 7.25. The Morgan fingerprint density at radius 1 is 1.60 bits per heavy atom. The first kappa shape index (κ1) is 10.1. The fourth-order valence-electron chi connectivity index (χ4n) is 1.65. The number of nitrogens with one attached hydrogen (secondary N) is 1. The minimum Gasteiger partial charge on any atom is -0.365 e. The second kappa shape index (κ2) is 4.40. The number of rotatable bonds is 2. The predicted molar refractivity (Wildman–Crippen MR) is 56.4 cm³/mol. The van der Waals surface area contributed by atoms with Gasteiger partial charge in [0.1, 0.15) is 6.10 Å². The molecular formula is C11H14N2O2. The second-order valence-corrected chi connectivity index (χ2v) is 3.74. The van der Waals surface area contributed by atoms with E-state index in [1.807, 2.05) is 13.0 Å². The van der Waals surface area contributed by atoms with Gasteiger partial charge in [-0.15, -0.1) is 0 Å². The average Bonchev–Trinajstić information content (AvgIpc) is 2.66. The lowest BCUT2D eigenvalue weighted by Gasteiger charge is -2.11. The standard InChI is InChI=1S/C11H14N2O2/c1-8-4-5-10(15-8)11(14)13-9-3-2-6-12-7-9/h2-3,6-8,10H,4-5H2,1H3,(H,13,14)/t8-,10+/m0/s1. The van der Waals surface area contributed by atoms with Gasteiger partial charge in [-0.3, -0.25) is 9.78 Å². The van der Waals surface area contributed by atoms with Gasteiger partial charge in [-0.05, 0) is 31.9 Å². The Bertz CT molecular complexity index is 340. The number of aromatic nitrogens is 1. The molecule has 80 valence electrons. The molecule has 4 heteroatoms. The van der Waals surface area contributed by atoms with Crippen molar-refractivity contribution in [3.8, 4) is 0 Å². The maximum atomic E-state index is 11.7. The monoisotopic (exact) mass is 206 g/mol. The highest BCUT2D eigenvalue weighted by atomic mass is 16.5. The van der Waals surface area contributed by atoms with Gasteiger partial charge in [0.05, 0.1) is 18.0 Å². The number of hydrogen-bond acceptors (Lipinski definition) is 3. The topological polar surface area (TPSA) is 51.2 Å². The van der Waals surface area contributed by atoms with Gasteiger partial charge in [0, 0.05) is 6.20 Å². The minimum absolute atomic E-state index is 0.0765. The van der Waals surface area contributed by atoms with Gasteiger partial charge in [-0.2, -0.15) is 0 Å². The summed E-state index contributed by atoms with van der Waals surface area (Å²) in [6, 6.07) is 3.59. The summed E-state index contributed by atoms with van der Waals surface area (Å²) in [5.41, 5.74) is 0.714. The number of nitrogens with zero attached hydrogens (tertiary/aromatic N) is 1. The van der Waals surface area contributed by atoms with Crippen LogP contribution >= 0.6 is 0 Å². The molecule has 0 bridgehead atoms. The van der Waals surface area contributed by atoms with Crippen molar-refractivity contribution in [2.75, 3.05) is 5.32 Å². The summed E-state index contributed by atoms with van der Waals surface area (Å²) in [6.07, 6.45) is 4.92. The smallest absolute Gasteiger partial charge is 0.253 e. The molecule has 2 heterocycles. The van der Waals surface area contributed by atoms with Gasteiger partial charge in [-0.1, -0.05) is 0 Å². The predicted octanol–water partition coefficient (Wildman–Crippen LogP) is 1.59. The number of pyridine rings is 1. The zero-order valence-electron chi connectivity index (χ0n) is 8.64. The Labute approximate surface area is 88.7 Å². The van der Waals surface area contributed by atoms with E-state index in [0.717, 1.165) is 12.8 Å². The van der Waals surface area contributed by atoms with E-state index in [-0.39, 0.29) is 18.1 Å². The van der Waals surface area contributed by atoms with Crippen LogP contribution in [0.1, 0.15) is 19.8 Å². The highest BCUT2D eigenvalue weighted by Crippen LogP contribution is 2.20. The number of carbonyl (C=O) groups is 1. The van der Waals surface area contributed by atoms with Crippen molar-refractivity contribution < 1.29 is 9.53 Å². The molecule has 1 N–H and O–H groups in total. The van der Waals surface area contributed by atoms with Gasteiger partial charge < -0.3 is 10.1 Å². The molecule has 1 aliphatic heterocycles. The first-order valence-electron chi connectivity index (χ1n) is 5.12. The minimum atomic E-state index is -0.305. The lowest BCUT2D eigenvalue weighted by Crippen LogP contribution is -2.27. The van der Waals surface area contributed by atoms with E-state index in [1.165, 1.54) is 0 Å². The lowest BCUT2D eigenvalue weighted by molar-refractivity contribution is -0.126. The zero-order valence-corrected chi connectivity index (χ0v) is 8.64. The van der Waals surface area contributed by atoms with Crippen LogP contribution in [0.25, 0.3) is 0 Å². The van der Waals surface area contributed by atoms with Crippen molar-refractivity contribution >= 4 is 11.6 Å². The molecule has 0 aromatic carbocycles. The van der Waals surface area contributed by atoms with Crippen LogP contribution in [0.5, 0.6) is 0 Å². The van der Waals surface area contributed by atoms with E-state index in [0.29, 0.717) is 5.69 Å². The van der Waals surface area contributed by atoms with E-state index in [9.17, 15) is 4.79 Å². The van der Waals surface area contributed by atoms with E-state index in [4.69, 9.17) is 4.74 Å². The van der Waals surface area contributed by atoms with Gasteiger partial charge in [0.25, 0.3) is 5.91 Å². The van der Waals surface area contributed by atoms with Crippen LogP contribution in [0.3, 0.4) is 0 Å². The zero-order chi connectivity index (χ0) is 10.7. The molecular weight excluding hydrogens is 192 g/mol. The van der Waals surface area contributed by atoms with Crippen molar-refractivity contribution in [3.63, 3.8) is 0 Å². The van der Waals surface area contributed by atoms with Crippen molar-refractivity contribution in [2.24, 2.45) is 0 Å². The summed E-state index contributed by atoms with van der Waals surface area (Å²) in [5, 5.41) is 2.78. The molecule has 2 rings (SSSR count). The van der Waals surface area contributed by atoms with Crippen molar-refractivity contribution in [2.45, 2.75) is 32.0 Å². The largest absolute Gasteiger partial charge is 0.365 e. The van der Waals surface area contributed by atoms with Crippen LogP contribution in [0.4, 0.5) is 5.69 Å². The maximum Gasteiger partial charge on any atom is 0.253 e. The molecule has 0 saturated carbocycles. The fraction of sp³-hybridized carbons (Fsp3) is 0.455. The molecule has 1 amide bonds. The third-order valence-corrected chi connectivity index (χ3v) is 2.45. The van der Waals surface area contributed by atoms with Crippen LogP contribution in [0, 0.1) is 0 Å². The molecule has 0 spiro atoms. The SMILES string of the molecule is C[C@H]1CC[C@H](C(=O)Nc2cccnc2)O1. The second-order valence-electron chi connectivity index (χ2n) is 3.74. The quantitative estimate of drug-likeness (QED) is 0.799. The number of carbonyl (C=O) groups excluding carboxylic acids is 1. The van der Waals surface area contributed by atoms with Gasteiger partial charge in [0.15, 0.2) is 0 Å². The van der Waals surface area contributed by atoms with Crippen LogP contribution in [0.15, 0.2) is 24.5 Å². The number of ether oxygens (including phenoxy) is 1.